The van der Waals surface area contributed by atoms with Crippen molar-refractivity contribution in [2.24, 2.45) is 0 Å². The van der Waals surface area contributed by atoms with Crippen LogP contribution in [0.1, 0.15) is 6.92 Å². The second-order valence-electron chi connectivity index (χ2n) is 1.18. The van der Waals surface area contributed by atoms with Crippen molar-refractivity contribution < 1.29 is 43.8 Å². The van der Waals surface area contributed by atoms with Crippen LogP contribution in [-0.2, 0) is 4.79 Å². The molecule has 0 aliphatic carbocycles. The van der Waals surface area contributed by atoms with E-state index < -0.39 is 11.1 Å². The molecular formula is C3H3ClFNaO2. The Bertz CT molecular complexity index is 89.8. The van der Waals surface area contributed by atoms with Crippen LogP contribution in [0.4, 0.5) is 4.39 Å². The standard InChI is InChI=1S/C3H4ClFO2.Na/c1-3(4,5)2(6)7;/h1H3,(H,6,7);/q;+1/p-1. The molecule has 1 unspecified atom stereocenters. The number of hydrogen-bond acceptors (Lipinski definition) is 2. The van der Waals surface area contributed by atoms with Gasteiger partial charge in [-0.15, -0.1) is 0 Å². The molecule has 0 N–H and O–H groups in total. The van der Waals surface area contributed by atoms with Crippen LogP contribution in [0.2, 0.25) is 0 Å². The Morgan fingerprint density at radius 1 is 1.88 bits per heavy atom. The molecule has 42 valence electrons. The Balaban J connectivity index is 0. The van der Waals surface area contributed by atoms with Crippen LogP contribution < -0.4 is 34.7 Å². The zero-order chi connectivity index (χ0) is 6.08. The van der Waals surface area contributed by atoms with E-state index in [-0.39, 0.29) is 29.6 Å². The number of carbonyl (C=O) groups is 1. The molecule has 0 radical (unpaired) electrons. The first-order valence-corrected chi connectivity index (χ1v) is 1.91. The minimum absolute atomic E-state index is 0. The van der Waals surface area contributed by atoms with E-state index >= 15 is 0 Å². The molecule has 5 heteroatoms. The SMILES string of the molecule is CC(F)(Cl)C(=O)[O-].[Na+]. The molecule has 8 heavy (non-hydrogen) atoms. The molecule has 0 saturated carbocycles. The van der Waals surface area contributed by atoms with Crippen LogP contribution in [0.15, 0.2) is 0 Å². The van der Waals surface area contributed by atoms with Crippen molar-refractivity contribution in [2.45, 2.75) is 12.1 Å². The smallest absolute Gasteiger partial charge is 0.545 e. The van der Waals surface area contributed by atoms with Crippen LogP contribution in [0.3, 0.4) is 0 Å². The van der Waals surface area contributed by atoms with Crippen molar-refractivity contribution in [1.29, 1.82) is 0 Å². The molecule has 0 amide bonds. The first-order valence-electron chi connectivity index (χ1n) is 1.54. The molecule has 0 aliphatic rings. The van der Waals surface area contributed by atoms with Gasteiger partial charge in [0.05, 0.1) is 5.97 Å². The number of hydrogen-bond donors (Lipinski definition) is 0. The number of halogens is 2. The molecule has 0 aliphatic heterocycles. The maximum Gasteiger partial charge on any atom is 1.00 e. The molecule has 1 atom stereocenters. The van der Waals surface area contributed by atoms with E-state index in [4.69, 9.17) is 0 Å². The Morgan fingerprint density at radius 3 is 2.00 bits per heavy atom. The normalized spacial score (nSPS) is 15.9. The van der Waals surface area contributed by atoms with Crippen LogP contribution in [0.25, 0.3) is 0 Å². The molecule has 0 heterocycles. The van der Waals surface area contributed by atoms with Gasteiger partial charge in [-0.25, -0.2) is 4.39 Å². The summed E-state index contributed by atoms with van der Waals surface area (Å²) in [5, 5.41) is 6.68. The molecule has 2 nitrogen and oxygen atoms in total. The number of carboxylic acids is 1. The Morgan fingerprint density at radius 2 is 2.00 bits per heavy atom. The molecule has 0 aromatic carbocycles. The van der Waals surface area contributed by atoms with Crippen molar-refractivity contribution in [1.82, 2.24) is 0 Å². The van der Waals surface area contributed by atoms with Crippen molar-refractivity contribution in [3.63, 3.8) is 0 Å². The maximum atomic E-state index is 11.6. The number of alkyl halides is 2. The molecule has 0 saturated heterocycles. The molecule has 0 aromatic heterocycles. The number of carbonyl (C=O) groups excluding carboxylic acids is 1. The zero-order valence-corrected chi connectivity index (χ0v) is 7.33. The zero-order valence-electron chi connectivity index (χ0n) is 4.57. The third-order valence-corrected chi connectivity index (χ3v) is 0.513. The summed E-state index contributed by atoms with van der Waals surface area (Å²) in [4.78, 5) is 9.40. The fraction of sp³-hybridized carbons (Fsp3) is 0.667. The molecule has 0 aromatic rings. The second kappa shape index (κ2) is 3.67. The number of carboxylic acid groups (broad SMARTS) is 1. The predicted octanol–water partition coefficient (Wildman–Crippen LogP) is -3.34. The van der Waals surface area contributed by atoms with Crippen molar-refractivity contribution in [3.8, 4) is 0 Å². The van der Waals surface area contributed by atoms with Gasteiger partial charge in [0.2, 0.25) is 5.13 Å². The summed E-state index contributed by atoms with van der Waals surface area (Å²) in [7, 11) is 0. The maximum absolute atomic E-state index is 11.6. The first kappa shape index (κ1) is 11.5. The van der Waals surface area contributed by atoms with E-state index in [2.05, 4.69) is 11.6 Å². The van der Waals surface area contributed by atoms with E-state index in [0.717, 1.165) is 0 Å². The quantitative estimate of drug-likeness (QED) is 0.288. The van der Waals surface area contributed by atoms with E-state index in [1.54, 1.807) is 0 Å². The fourth-order valence-corrected chi connectivity index (χ4v) is 0. The number of aliphatic carboxylic acids is 1. The van der Waals surface area contributed by atoms with Gasteiger partial charge in [-0.2, -0.15) is 0 Å². The van der Waals surface area contributed by atoms with Crippen molar-refractivity contribution in [2.75, 3.05) is 0 Å². The van der Waals surface area contributed by atoms with Gasteiger partial charge in [0, 0.05) is 0 Å². The Hall–Kier alpha value is 0.690. The van der Waals surface area contributed by atoms with E-state index in [9.17, 15) is 14.3 Å². The third kappa shape index (κ3) is 4.84. The van der Waals surface area contributed by atoms with Gasteiger partial charge in [0.25, 0.3) is 0 Å². The van der Waals surface area contributed by atoms with Crippen LogP contribution in [-0.4, -0.2) is 11.1 Å². The van der Waals surface area contributed by atoms with Gasteiger partial charge >= 0.3 is 29.6 Å². The van der Waals surface area contributed by atoms with Gasteiger partial charge < -0.3 is 9.90 Å². The summed E-state index contributed by atoms with van der Waals surface area (Å²) < 4.78 is 11.6. The first-order chi connectivity index (χ1) is 2.94. The van der Waals surface area contributed by atoms with Crippen molar-refractivity contribution in [3.05, 3.63) is 0 Å². The van der Waals surface area contributed by atoms with E-state index in [1.165, 1.54) is 0 Å². The summed E-state index contributed by atoms with van der Waals surface area (Å²) in [5.41, 5.74) is 0. The topological polar surface area (TPSA) is 40.1 Å². The van der Waals surface area contributed by atoms with E-state index in [1.807, 2.05) is 0 Å². The summed E-state index contributed by atoms with van der Waals surface area (Å²) in [6.45, 7) is 0.698. The summed E-state index contributed by atoms with van der Waals surface area (Å²) in [6, 6.07) is 0. The predicted molar refractivity (Wildman–Crippen MR) is 20.4 cm³/mol. The summed E-state index contributed by atoms with van der Waals surface area (Å²) in [5.74, 6) is -1.91. The van der Waals surface area contributed by atoms with Gasteiger partial charge in [0.15, 0.2) is 0 Å². The largest absolute Gasteiger partial charge is 1.00 e. The van der Waals surface area contributed by atoms with E-state index in [0.29, 0.717) is 6.92 Å². The van der Waals surface area contributed by atoms with Gasteiger partial charge in [-0.3, -0.25) is 0 Å². The molecule has 0 spiro atoms. The van der Waals surface area contributed by atoms with Gasteiger partial charge in [0.1, 0.15) is 0 Å². The van der Waals surface area contributed by atoms with Crippen LogP contribution in [0, 0.1) is 0 Å². The molecule has 0 rings (SSSR count). The summed E-state index contributed by atoms with van der Waals surface area (Å²) >= 11 is 4.54. The average molecular weight is 148 g/mol. The minimum atomic E-state index is -2.72. The molecule has 0 bridgehead atoms. The summed E-state index contributed by atoms with van der Waals surface area (Å²) in [6.07, 6.45) is 0. The molecule has 0 fully saturated rings. The van der Waals surface area contributed by atoms with Crippen LogP contribution in [0.5, 0.6) is 0 Å². The van der Waals surface area contributed by atoms with Gasteiger partial charge in [-0.05, 0) is 6.92 Å². The number of rotatable bonds is 1. The average Bonchev–Trinajstić information content (AvgIpc) is 1.31. The Labute approximate surface area is 73.3 Å². The second-order valence-corrected chi connectivity index (χ2v) is 1.89. The van der Waals surface area contributed by atoms with Crippen LogP contribution >= 0.6 is 11.6 Å². The van der Waals surface area contributed by atoms with Gasteiger partial charge in [-0.1, -0.05) is 11.6 Å². The fourth-order valence-electron chi connectivity index (χ4n) is 0. The molecular weight excluding hydrogens is 145 g/mol. The Kier molecular flexibility index (Phi) is 5.26. The third-order valence-electron chi connectivity index (χ3n) is 0.358. The monoisotopic (exact) mass is 148 g/mol. The van der Waals surface area contributed by atoms with Crippen molar-refractivity contribution >= 4 is 17.6 Å². The minimum Gasteiger partial charge on any atom is -0.545 e.